The van der Waals surface area contributed by atoms with E-state index in [1.807, 2.05) is 58.9 Å². The Hall–Kier alpha value is -2.04. The van der Waals surface area contributed by atoms with Crippen LogP contribution in [-0.2, 0) is 9.59 Å². The molecule has 0 aliphatic heterocycles. The van der Waals surface area contributed by atoms with Gasteiger partial charge in [-0.25, -0.2) is 0 Å². The minimum atomic E-state index is -0.529. The quantitative estimate of drug-likeness (QED) is 0.680. The van der Waals surface area contributed by atoms with Gasteiger partial charge in [0, 0.05) is 12.8 Å². The SMILES string of the molecule is CCOc1ccc(C(NC(=O)CC(C)C)NC(=O)CC(C)C)cc1. The predicted molar refractivity (Wildman–Crippen MR) is 95.5 cm³/mol. The van der Waals surface area contributed by atoms with E-state index in [1.54, 1.807) is 0 Å². The van der Waals surface area contributed by atoms with Crippen LogP contribution in [0.3, 0.4) is 0 Å². The number of hydrogen-bond donors (Lipinski definition) is 2. The van der Waals surface area contributed by atoms with Crippen LogP contribution in [0.5, 0.6) is 5.75 Å². The third-order valence-corrected chi connectivity index (χ3v) is 3.32. The highest BCUT2D eigenvalue weighted by atomic mass is 16.5. The number of hydrogen-bond acceptors (Lipinski definition) is 3. The van der Waals surface area contributed by atoms with E-state index in [1.165, 1.54) is 0 Å². The molecule has 2 N–H and O–H groups in total. The molecule has 0 saturated heterocycles. The molecular formula is C19H30N2O3. The number of carbonyl (C=O) groups excluding carboxylic acids is 2. The second-order valence-electron chi connectivity index (χ2n) is 6.77. The normalized spacial score (nSPS) is 11.0. The van der Waals surface area contributed by atoms with Crippen molar-refractivity contribution in [3.63, 3.8) is 0 Å². The summed E-state index contributed by atoms with van der Waals surface area (Å²) < 4.78 is 5.43. The molecule has 0 fully saturated rings. The molecule has 5 heteroatoms. The maximum Gasteiger partial charge on any atom is 0.222 e. The highest BCUT2D eigenvalue weighted by Crippen LogP contribution is 2.17. The molecule has 0 aliphatic rings. The van der Waals surface area contributed by atoms with Crippen LogP contribution in [0, 0.1) is 11.8 Å². The molecule has 2 amide bonds. The van der Waals surface area contributed by atoms with Crippen LogP contribution in [0.25, 0.3) is 0 Å². The van der Waals surface area contributed by atoms with E-state index >= 15 is 0 Å². The van der Waals surface area contributed by atoms with E-state index in [0.29, 0.717) is 19.4 Å². The zero-order valence-electron chi connectivity index (χ0n) is 15.4. The van der Waals surface area contributed by atoms with Crippen LogP contribution >= 0.6 is 0 Å². The molecule has 0 saturated carbocycles. The number of amides is 2. The van der Waals surface area contributed by atoms with Crippen molar-refractivity contribution in [3.8, 4) is 5.75 Å². The molecule has 0 atom stereocenters. The molecule has 0 bridgehead atoms. The fraction of sp³-hybridized carbons (Fsp3) is 0.579. The zero-order valence-corrected chi connectivity index (χ0v) is 15.4. The summed E-state index contributed by atoms with van der Waals surface area (Å²) in [6.07, 6.45) is 0.319. The monoisotopic (exact) mass is 334 g/mol. The van der Waals surface area contributed by atoms with Gasteiger partial charge in [0.25, 0.3) is 0 Å². The molecule has 1 aromatic carbocycles. The lowest BCUT2D eigenvalue weighted by Gasteiger charge is -2.22. The van der Waals surface area contributed by atoms with Crippen molar-refractivity contribution in [2.24, 2.45) is 11.8 Å². The van der Waals surface area contributed by atoms with Crippen molar-refractivity contribution in [2.45, 2.75) is 53.6 Å². The van der Waals surface area contributed by atoms with Crippen LogP contribution in [0.4, 0.5) is 0 Å². The summed E-state index contributed by atoms with van der Waals surface area (Å²) in [5.41, 5.74) is 0.827. The predicted octanol–water partition coefficient (Wildman–Crippen LogP) is 3.41. The lowest BCUT2D eigenvalue weighted by Crippen LogP contribution is -2.41. The van der Waals surface area contributed by atoms with E-state index in [4.69, 9.17) is 4.74 Å². The average Bonchev–Trinajstić information content (AvgIpc) is 2.46. The minimum Gasteiger partial charge on any atom is -0.494 e. The van der Waals surface area contributed by atoms with Crippen LogP contribution in [-0.4, -0.2) is 18.4 Å². The summed E-state index contributed by atoms with van der Waals surface area (Å²) in [7, 11) is 0. The smallest absolute Gasteiger partial charge is 0.222 e. The Balaban J connectivity index is 2.86. The lowest BCUT2D eigenvalue weighted by molar-refractivity contribution is -0.125. The Labute approximate surface area is 145 Å². The van der Waals surface area contributed by atoms with Gasteiger partial charge in [0.15, 0.2) is 0 Å². The fourth-order valence-electron chi connectivity index (χ4n) is 2.31. The van der Waals surface area contributed by atoms with Gasteiger partial charge in [-0.1, -0.05) is 39.8 Å². The maximum absolute atomic E-state index is 12.1. The molecule has 0 aliphatic carbocycles. The number of nitrogens with one attached hydrogen (secondary N) is 2. The van der Waals surface area contributed by atoms with Gasteiger partial charge in [0.05, 0.1) is 6.61 Å². The first-order valence-electron chi connectivity index (χ1n) is 8.63. The Bertz CT molecular complexity index is 500. The Morgan fingerprint density at radius 1 is 0.917 bits per heavy atom. The Kier molecular flexibility index (Phi) is 8.30. The summed E-state index contributed by atoms with van der Waals surface area (Å²) in [5.74, 6) is 1.14. The molecule has 134 valence electrons. The molecular weight excluding hydrogens is 304 g/mol. The van der Waals surface area contributed by atoms with Gasteiger partial charge < -0.3 is 15.4 Å². The van der Waals surface area contributed by atoms with Crippen molar-refractivity contribution in [1.82, 2.24) is 10.6 Å². The van der Waals surface area contributed by atoms with Crippen molar-refractivity contribution in [2.75, 3.05) is 6.61 Å². The number of benzene rings is 1. The first kappa shape index (κ1) is 20.0. The first-order valence-corrected chi connectivity index (χ1v) is 8.63. The van der Waals surface area contributed by atoms with Gasteiger partial charge in [-0.15, -0.1) is 0 Å². The Morgan fingerprint density at radius 2 is 1.38 bits per heavy atom. The van der Waals surface area contributed by atoms with Gasteiger partial charge in [-0.2, -0.15) is 0 Å². The number of carbonyl (C=O) groups is 2. The molecule has 5 nitrogen and oxygen atoms in total. The van der Waals surface area contributed by atoms with E-state index < -0.39 is 6.17 Å². The molecule has 0 radical (unpaired) electrons. The maximum atomic E-state index is 12.1. The average molecular weight is 334 g/mol. The zero-order chi connectivity index (χ0) is 18.1. The molecule has 1 rings (SSSR count). The van der Waals surface area contributed by atoms with Gasteiger partial charge in [-0.05, 0) is 36.5 Å². The second-order valence-corrected chi connectivity index (χ2v) is 6.77. The van der Waals surface area contributed by atoms with Crippen molar-refractivity contribution in [3.05, 3.63) is 29.8 Å². The standard InChI is InChI=1S/C19H30N2O3/c1-6-24-16-9-7-15(8-10-16)19(20-17(22)11-13(2)3)21-18(23)12-14(4)5/h7-10,13-14,19H,6,11-12H2,1-5H3,(H,20,22)(H,21,23). The minimum absolute atomic E-state index is 0.0752. The van der Waals surface area contributed by atoms with Gasteiger partial charge >= 0.3 is 0 Å². The van der Waals surface area contributed by atoms with Crippen molar-refractivity contribution >= 4 is 11.8 Å². The van der Waals surface area contributed by atoms with Crippen LogP contribution in [0.15, 0.2) is 24.3 Å². The third kappa shape index (κ3) is 7.49. The summed E-state index contributed by atoms with van der Waals surface area (Å²) in [6, 6.07) is 7.41. The Morgan fingerprint density at radius 3 is 1.75 bits per heavy atom. The lowest BCUT2D eigenvalue weighted by atomic mass is 10.1. The highest BCUT2D eigenvalue weighted by Gasteiger charge is 2.18. The highest BCUT2D eigenvalue weighted by molar-refractivity contribution is 5.79. The molecule has 1 aromatic rings. The molecule has 24 heavy (non-hydrogen) atoms. The van der Waals surface area contributed by atoms with Crippen LogP contribution in [0.1, 0.15) is 59.2 Å². The molecule has 0 spiro atoms. The summed E-state index contributed by atoms with van der Waals surface area (Å²) >= 11 is 0. The van der Waals surface area contributed by atoms with E-state index in [0.717, 1.165) is 11.3 Å². The van der Waals surface area contributed by atoms with Gasteiger partial charge in [0.1, 0.15) is 11.9 Å². The number of rotatable bonds is 9. The van der Waals surface area contributed by atoms with Crippen LogP contribution in [0.2, 0.25) is 0 Å². The summed E-state index contributed by atoms with van der Waals surface area (Å²) in [5, 5.41) is 5.82. The van der Waals surface area contributed by atoms with E-state index in [-0.39, 0.29) is 23.7 Å². The van der Waals surface area contributed by atoms with Gasteiger partial charge in [-0.3, -0.25) is 9.59 Å². The molecule has 0 unspecified atom stereocenters. The second kappa shape index (κ2) is 9.96. The van der Waals surface area contributed by atoms with E-state index in [9.17, 15) is 9.59 Å². The topological polar surface area (TPSA) is 67.4 Å². The summed E-state index contributed by atoms with van der Waals surface area (Å²) in [6.45, 7) is 10.5. The van der Waals surface area contributed by atoms with Crippen molar-refractivity contribution < 1.29 is 14.3 Å². The molecule has 0 aromatic heterocycles. The van der Waals surface area contributed by atoms with Gasteiger partial charge in [0.2, 0.25) is 11.8 Å². The van der Waals surface area contributed by atoms with Crippen molar-refractivity contribution in [1.29, 1.82) is 0 Å². The summed E-state index contributed by atoms with van der Waals surface area (Å²) in [4.78, 5) is 24.2. The van der Waals surface area contributed by atoms with E-state index in [2.05, 4.69) is 10.6 Å². The first-order chi connectivity index (χ1) is 11.3. The largest absolute Gasteiger partial charge is 0.494 e. The molecule has 0 heterocycles. The fourth-order valence-corrected chi connectivity index (χ4v) is 2.31. The number of ether oxygens (including phenoxy) is 1. The van der Waals surface area contributed by atoms with Crippen LogP contribution < -0.4 is 15.4 Å². The third-order valence-electron chi connectivity index (χ3n) is 3.32.